The molecular formula is C20H17NO8. The molecule has 29 heavy (non-hydrogen) atoms. The first-order chi connectivity index (χ1) is 13.9. The number of carbonyl (C=O) groups excluding carboxylic acids is 2. The van der Waals surface area contributed by atoms with Crippen LogP contribution < -0.4 is 30.3 Å². The zero-order valence-electron chi connectivity index (χ0n) is 15.8. The molecular weight excluding hydrogens is 382 g/mol. The Labute approximate surface area is 164 Å². The van der Waals surface area contributed by atoms with Gasteiger partial charge < -0.3 is 29.1 Å². The Hall–Kier alpha value is -4.01. The van der Waals surface area contributed by atoms with Crippen LogP contribution in [0.1, 0.15) is 20.7 Å². The summed E-state index contributed by atoms with van der Waals surface area (Å²) in [6, 6.07) is 8.59. The summed E-state index contributed by atoms with van der Waals surface area (Å²) in [5.74, 6) is -0.529. The fourth-order valence-corrected chi connectivity index (χ4v) is 2.69. The standard InChI is InChI=1S/C20H17NO8/c1-25-15-7-11(8-16(26-2)17(15)27-3)19(23)28-12-5-4-10-6-13(18(21)22)20(24)29-14(10)9-12/h4-9H,1-3H3,(H2,21,22). The lowest BCUT2D eigenvalue weighted by Crippen LogP contribution is -2.20. The number of amides is 1. The summed E-state index contributed by atoms with van der Waals surface area (Å²) in [6.45, 7) is 0. The molecule has 0 aliphatic heterocycles. The van der Waals surface area contributed by atoms with Gasteiger partial charge in [-0.25, -0.2) is 9.59 Å². The predicted molar refractivity (Wildman–Crippen MR) is 102 cm³/mol. The topological polar surface area (TPSA) is 127 Å². The quantitative estimate of drug-likeness (QED) is 0.379. The van der Waals surface area contributed by atoms with Crippen LogP contribution in [0, 0.1) is 0 Å². The first-order valence-electron chi connectivity index (χ1n) is 8.27. The molecule has 3 rings (SSSR count). The van der Waals surface area contributed by atoms with Gasteiger partial charge in [-0.15, -0.1) is 0 Å². The molecule has 1 heterocycles. The molecule has 0 aliphatic rings. The van der Waals surface area contributed by atoms with Crippen molar-refractivity contribution in [2.45, 2.75) is 0 Å². The molecule has 9 heteroatoms. The van der Waals surface area contributed by atoms with Crippen molar-refractivity contribution in [2.24, 2.45) is 5.73 Å². The van der Waals surface area contributed by atoms with E-state index in [1.54, 1.807) is 0 Å². The minimum Gasteiger partial charge on any atom is -0.493 e. The fourth-order valence-electron chi connectivity index (χ4n) is 2.69. The first-order valence-corrected chi connectivity index (χ1v) is 8.27. The average molecular weight is 399 g/mol. The Kier molecular flexibility index (Phi) is 5.40. The van der Waals surface area contributed by atoms with Crippen LogP contribution in [-0.2, 0) is 0 Å². The van der Waals surface area contributed by atoms with Crippen molar-refractivity contribution >= 4 is 22.8 Å². The molecule has 9 nitrogen and oxygen atoms in total. The highest BCUT2D eigenvalue weighted by atomic mass is 16.5. The highest BCUT2D eigenvalue weighted by Crippen LogP contribution is 2.38. The van der Waals surface area contributed by atoms with E-state index in [4.69, 9.17) is 29.1 Å². The molecule has 1 amide bonds. The SMILES string of the molecule is COc1cc(C(=O)Oc2ccc3cc(C(N)=O)c(=O)oc3c2)cc(OC)c1OC. The zero-order chi connectivity index (χ0) is 21.1. The average Bonchev–Trinajstić information content (AvgIpc) is 2.71. The molecule has 3 aromatic rings. The zero-order valence-corrected chi connectivity index (χ0v) is 15.8. The molecule has 0 radical (unpaired) electrons. The number of ether oxygens (including phenoxy) is 4. The summed E-state index contributed by atoms with van der Waals surface area (Å²) in [5.41, 5.74) is 4.29. The molecule has 2 N–H and O–H groups in total. The van der Waals surface area contributed by atoms with Crippen LogP contribution in [0.25, 0.3) is 11.0 Å². The van der Waals surface area contributed by atoms with Crippen molar-refractivity contribution in [1.29, 1.82) is 0 Å². The second kappa shape index (κ2) is 7.93. The molecule has 0 saturated heterocycles. The maximum atomic E-state index is 12.6. The Morgan fingerprint density at radius 2 is 1.59 bits per heavy atom. The summed E-state index contributed by atoms with van der Waals surface area (Å²) in [4.78, 5) is 35.6. The van der Waals surface area contributed by atoms with Crippen molar-refractivity contribution in [3.05, 3.63) is 57.9 Å². The van der Waals surface area contributed by atoms with E-state index in [2.05, 4.69) is 0 Å². The van der Waals surface area contributed by atoms with Crippen molar-refractivity contribution < 1.29 is 33.0 Å². The second-order valence-corrected chi connectivity index (χ2v) is 5.81. The highest BCUT2D eigenvalue weighted by Gasteiger charge is 2.19. The molecule has 0 fully saturated rings. The van der Waals surface area contributed by atoms with E-state index in [9.17, 15) is 14.4 Å². The summed E-state index contributed by atoms with van der Waals surface area (Å²) in [5, 5.41) is 0.450. The van der Waals surface area contributed by atoms with Gasteiger partial charge in [0.25, 0.3) is 5.91 Å². The van der Waals surface area contributed by atoms with Gasteiger partial charge in [-0.2, -0.15) is 0 Å². The third-order valence-corrected chi connectivity index (χ3v) is 4.08. The van der Waals surface area contributed by atoms with E-state index in [0.29, 0.717) is 22.6 Å². The third-order valence-electron chi connectivity index (χ3n) is 4.08. The van der Waals surface area contributed by atoms with E-state index in [-0.39, 0.29) is 22.5 Å². The molecule has 0 spiro atoms. The van der Waals surface area contributed by atoms with Crippen LogP contribution in [0.15, 0.2) is 45.6 Å². The number of nitrogens with two attached hydrogens (primary N) is 1. The van der Waals surface area contributed by atoms with Gasteiger partial charge >= 0.3 is 11.6 Å². The predicted octanol–water partition coefficient (Wildman–Crippen LogP) is 2.14. The van der Waals surface area contributed by atoms with Gasteiger partial charge in [0, 0.05) is 11.5 Å². The Morgan fingerprint density at radius 3 is 2.14 bits per heavy atom. The van der Waals surface area contributed by atoms with Crippen LogP contribution in [0.4, 0.5) is 0 Å². The summed E-state index contributed by atoms with van der Waals surface area (Å²) < 4.78 is 26.1. The largest absolute Gasteiger partial charge is 0.493 e. The molecule has 2 aromatic carbocycles. The summed E-state index contributed by atoms with van der Waals surface area (Å²) in [7, 11) is 4.31. The first kappa shape index (κ1) is 19.7. The van der Waals surface area contributed by atoms with Gasteiger partial charge in [0.05, 0.1) is 26.9 Å². The number of methoxy groups -OCH3 is 3. The van der Waals surface area contributed by atoms with Crippen LogP contribution in [0.5, 0.6) is 23.0 Å². The number of hydrogen-bond acceptors (Lipinski definition) is 8. The maximum absolute atomic E-state index is 12.6. The van der Waals surface area contributed by atoms with E-state index in [1.807, 2.05) is 0 Å². The second-order valence-electron chi connectivity index (χ2n) is 5.81. The van der Waals surface area contributed by atoms with E-state index < -0.39 is 17.5 Å². The minimum absolute atomic E-state index is 0.131. The van der Waals surface area contributed by atoms with Crippen LogP contribution in [0.2, 0.25) is 0 Å². The van der Waals surface area contributed by atoms with Gasteiger partial charge in [-0.1, -0.05) is 0 Å². The van der Waals surface area contributed by atoms with E-state index >= 15 is 0 Å². The maximum Gasteiger partial charge on any atom is 0.349 e. The van der Waals surface area contributed by atoms with Gasteiger partial charge in [0.1, 0.15) is 16.9 Å². The molecule has 0 bridgehead atoms. The molecule has 0 atom stereocenters. The molecule has 1 aromatic heterocycles. The Bertz CT molecular complexity index is 1140. The number of benzene rings is 2. The molecule has 0 unspecified atom stereocenters. The number of primary amides is 1. The van der Waals surface area contributed by atoms with Crippen molar-refractivity contribution in [2.75, 3.05) is 21.3 Å². The van der Waals surface area contributed by atoms with Crippen LogP contribution in [0.3, 0.4) is 0 Å². The lowest BCUT2D eigenvalue weighted by molar-refractivity contribution is 0.0733. The summed E-state index contributed by atoms with van der Waals surface area (Å²) in [6.07, 6.45) is 0. The van der Waals surface area contributed by atoms with Crippen molar-refractivity contribution in [1.82, 2.24) is 0 Å². The highest BCUT2D eigenvalue weighted by molar-refractivity contribution is 5.96. The van der Waals surface area contributed by atoms with Crippen molar-refractivity contribution in [3.63, 3.8) is 0 Å². The normalized spacial score (nSPS) is 10.4. The minimum atomic E-state index is -0.890. The Morgan fingerprint density at radius 1 is 0.931 bits per heavy atom. The molecule has 150 valence electrons. The Balaban J connectivity index is 1.94. The number of fused-ring (bicyclic) bond motifs is 1. The van der Waals surface area contributed by atoms with Crippen LogP contribution in [-0.4, -0.2) is 33.2 Å². The number of esters is 1. The molecule has 0 aliphatic carbocycles. The smallest absolute Gasteiger partial charge is 0.349 e. The third kappa shape index (κ3) is 3.84. The monoisotopic (exact) mass is 399 g/mol. The lowest BCUT2D eigenvalue weighted by Gasteiger charge is -2.13. The van der Waals surface area contributed by atoms with E-state index in [1.165, 1.54) is 57.7 Å². The van der Waals surface area contributed by atoms with E-state index in [0.717, 1.165) is 0 Å². The lowest BCUT2D eigenvalue weighted by atomic mass is 10.1. The van der Waals surface area contributed by atoms with Gasteiger partial charge in [-0.3, -0.25) is 4.79 Å². The summed E-state index contributed by atoms with van der Waals surface area (Å²) >= 11 is 0. The van der Waals surface area contributed by atoms with Gasteiger partial charge in [-0.05, 0) is 30.3 Å². The van der Waals surface area contributed by atoms with Crippen molar-refractivity contribution in [3.8, 4) is 23.0 Å². The number of rotatable bonds is 6. The fraction of sp³-hybridized carbons (Fsp3) is 0.150. The van der Waals surface area contributed by atoms with Crippen LogP contribution >= 0.6 is 0 Å². The molecule has 0 saturated carbocycles. The van der Waals surface area contributed by atoms with Gasteiger partial charge in [0.15, 0.2) is 11.5 Å². The van der Waals surface area contributed by atoms with Gasteiger partial charge in [0.2, 0.25) is 5.75 Å². The number of carbonyl (C=O) groups is 2. The number of hydrogen-bond donors (Lipinski definition) is 1.